The number of likely N-dealkylation sites (N-methyl/N-ethyl adjacent to an activating group) is 1. The van der Waals surface area contributed by atoms with E-state index in [1.165, 1.54) is 11.9 Å². The number of hydrogen-bond acceptors (Lipinski definition) is 5. The van der Waals surface area contributed by atoms with Crippen LogP contribution in [-0.4, -0.2) is 74.1 Å². The molecule has 3 rings (SSSR count). The summed E-state index contributed by atoms with van der Waals surface area (Å²) in [5.74, 6) is -1.04. The van der Waals surface area contributed by atoms with E-state index in [4.69, 9.17) is 9.47 Å². The van der Waals surface area contributed by atoms with E-state index in [9.17, 15) is 14.4 Å². The average Bonchev–Trinajstić information content (AvgIpc) is 2.79. The van der Waals surface area contributed by atoms with Crippen LogP contribution in [0, 0.1) is 0 Å². The zero-order valence-corrected chi connectivity index (χ0v) is 17.1. The third-order valence-electron chi connectivity index (χ3n) is 4.93. The molecule has 0 radical (unpaired) electrons. The third-order valence-corrected chi connectivity index (χ3v) is 4.93. The van der Waals surface area contributed by atoms with Gasteiger partial charge < -0.3 is 19.3 Å². The highest BCUT2D eigenvalue weighted by molar-refractivity contribution is 5.86. The highest BCUT2D eigenvalue weighted by Gasteiger charge is 2.21. The van der Waals surface area contributed by atoms with Crippen molar-refractivity contribution in [3.8, 4) is 11.1 Å². The van der Waals surface area contributed by atoms with Gasteiger partial charge in [-0.3, -0.25) is 14.4 Å². The first-order valence-corrected chi connectivity index (χ1v) is 9.92. The number of esters is 1. The van der Waals surface area contributed by atoms with Crippen LogP contribution in [0.15, 0.2) is 54.6 Å². The summed E-state index contributed by atoms with van der Waals surface area (Å²) in [6.45, 7) is 1.64. The second-order valence-electron chi connectivity index (χ2n) is 7.14. The molecule has 2 aromatic carbocycles. The molecule has 2 amide bonds. The van der Waals surface area contributed by atoms with E-state index >= 15 is 0 Å². The summed E-state index contributed by atoms with van der Waals surface area (Å²) >= 11 is 0. The summed E-state index contributed by atoms with van der Waals surface area (Å²) in [6.07, 6.45) is 0.0821. The van der Waals surface area contributed by atoms with Crippen LogP contribution in [0.3, 0.4) is 0 Å². The Morgan fingerprint density at radius 1 is 0.967 bits per heavy atom. The minimum atomic E-state index is -0.483. The Morgan fingerprint density at radius 3 is 2.27 bits per heavy atom. The lowest BCUT2D eigenvalue weighted by Crippen LogP contribution is -2.46. The SMILES string of the molecule is CN(CC(=O)N1CCOCC1)C(=O)COC(=O)Cc1ccc(-c2ccccc2)cc1. The maximum atomic E-state index is 12.2. The molecule has 0 spiro atoms. The predicted octanol–water partition coefficient (Wildman–Crippen LogP) is 1.76. The minimum Gasteiger partial charge on any atom is -0.455 e. The van der Waals surface area contributed by atoms with Crippen LogP contribution in [0.25, 0.3) is 11.1 Å². The molecule has 1 saturated heterocycles. The van der Waals surface area contributed by atoms with Crippen molar-refractivity contribution in [3.05, 3.63) is 60.2 Å². The quantitative estimate of drug-likeness (QED) is 0.650. The zero-order valence-electron chi connectivity index (χ0n) is 17.1. The second-order valence-corrected chi connectivity index (χ2v) is 7.14. The van der Waals surface area contributed by atoms with E-state index in [2.05, 4.69) is 0 Å². The maximum absolute atomic E-state index is 12.2. The van der Waals surface area contributed by atoms with E-state index in [1.807, 2.05) is 54.6 Å². The van der Waals surface area contributed by atoms with Crippen molar-refractivity contribution < 1.29 is 23.9 Å². The Labute approximate surface area is 176 Å². The molecule has 7 heteroatoms. The molecule has 1 heterocycles. The zero-order chi connectivity index (χ0) is 21.3. The lowest BCUT2D eigenvalue weighted by molar-refractivity contribution is -0.152. The summed E-state index contributed by atoms with van der Waals surface area (Å²) in [5, 5.41) is 0. The van der Waals surface area contributed by atoms with Gasteiger partial charge in [-0.1, -0.05) is 54.6 Å². The molecule has 0 saturated carbocycles. The number of amides is 2. The molecule has 0 aromatic heterocycles. The molecule has 1 aliphatic rings. The van der Waals surface area contributed by atoms with Gasteiger partial charge in [0.05, 0.1) is 26.2 Å². The average molecular weight is 410 g/mol. The van der Waals surface area contributed by atoms with Crippen LogP contribution in [0.5, 0.6) is 0 Å². The van der Waals surface area contributed by atoms with E-state index in [0.29, 0.717) is 26.3 Å². The Hall–Kier alpha value is -3.19. The Morgan fingerprint density at radius 2 is 1.60 bits per heavy atom. The molecule has 1 fully saturated rings. The summed E-state index contributed by atoms with van der Waals surface area (Å²) in [4.78, 5) is 39.4. The third kappa shape index (κ3) is 6.15. The van der Waals surface area contributed by atoms with Crippen molar-refractivity contribution >= 4 is 17.8 Å². The molecule has 0 unspecified atom stereocenters. The van der Waals surface area contributed by atoms with Crippen molar-refractivity contribution in [2.45, 2.75) is 6.42 Å². The Balaban J connectivity index is 1.42. The van der Waals surface area contributed by atoms with Crippen LogP contribution >= 0.6 is 0 Å². The number of carbonyl (C=O) groups is 3. The number of nitrogens with zero attached hydrogens (tertiary/aromatic N) is 2. The molecule has 2 aromatic rings. The maximum Gasteiger partial charge on any atom is 0.310 e. The molecular formula is C23H26N2O5. The number of hydrogen-bond donors (Lipinski definition) is 0. The highest BCUT2D eigenvalue weighted by Crippen LogP contribution is 2.19. The van der Waals surface area contributed by atoms with E-state index in [1.54, 1.807) is 4.90 Å². The topological polar surface area (TPSA) is 76.2 Å². The van der Waals surface area contributed by atoms with Gasteiger partial charge in [0.25, 0.3) is 5.91 Å². The van der Waals surface area contributed by atoms with Crippen molar-refractivity contribution in [1.29, 1.82) is 0 Å². The molecular weight excluding hydrogens is 384 g/mol. The van der Waals surface area contributed by atoms with Crippen LogP contribution in [-0.2, 0) is 30.3 Å². The van der Waals surface area contributed by atoms with E-state index in [-0.39, 0.29) is 25.5 Å². The van der Waals surface area contributed by atoms with Crippen LogP contribution in [0.1, 0.15) is 5.56 Å². The Bertz CT molecular complexity index is 861. The van der Waals surface area contributed by atoms with Gasteiger partial charge >= 0.3 is 5.97 Å². The molecule has 30 heavy (non-hydrogen) atoms. The van der Waals surface area contributed by atoms with Gasteiger partial charge in [-0.05, 0) is 16.7 Å². The second kappa shape index (κ2) is 10.5. The van der Waals surface area contributed by atoms with Crippen molar-refractivity contribution in [2.75, 3.05) is 46.5 Å². The predicted molar refractivity (Wildman–Crippen MR) is 112 cm³/mol. The van der Waals surface area contributed by atoms with Gasteiger partial charge in [-0.2, -0.15) is 0 Å². The lowest BCUT2D eigenvalue weighted by Gasteiger charge is -2.28. The number of ether oxygens (including phenoxy) is 2. The minimum absolute atomic E-state index is 0.0443. The monoisotopic (exact) mass is 410 g/mol. The van der Waals surface area contributed by atoms with E-state index in [0.717, 1.165) is 16.7 Å². The summed E-state index contributed by atoms with van der Waals surface area (Å²) in [6, 6.07) is 17.6. The van der Waals surface area contributed by atoms with Crippen molar-refractivity contribution in [2.24, 2.45) is 0 Å². The van der Waals surface area contributed by atoms with Crippen molar-refractivity contribution in [3.63, 3.8) is 0 Å². The van der Waals surface area contributed by atoms with Crippen LogP contribution in [0.4, 0.5) is 0 Å². The van der Waals surface area contributed by atoms with Gasteiger partial charge in [0.2, 0.25) is 5.91 Å². The normalized spacial score (nSPS) is 13.6. The number of rotatable bonds is 7. The summed E-state index contributed by atoms with van der Waals surface area (Å²) in [5.41, 5.74) is 2.98. The first-order chi connectivity index (χ1) is 14.5. The molecule has 158 valence electrons. The Kier molecular flexibility index (Phi) is 7.57. The fraction of sp³-hybridized carbons (Fsp3) is 0.348. The summed E-state index contributed by atoms with van der Waals surface area (Å²) < 4.78 is 10.3. The molecule has 0 bridgehead atoms. The largest absolute Gasteiger partial charge is 0.455 e. The fourth-order valence-corrected chi connectivity index (χ4v) is 3.12. The fourth-order valence-electron chi connectivity index (χ4n) is 3.12. The number of carbonyl (C=O) groups excluding carboxylic acids is 3. The molecule has 1 aliphatic heterocycles. The van der Waals surface area contributed by atoms with Gasteiger partial charge in [0.1, 0.15) is 0 Å². The van der Waals surface area contributed by atoms with Gasteiger partial charge in [0.15, 0.2) is 6.61 Å². The first-order valence-electron chi connectivity index (χ1n) is 9.92. The standard InChI is InChI=1S/C23H26N2O5/c1-24(16-21(26)25-11-13-29-14-12-25)22(27)17-30-23(28)15-18-7-9-20(10-8-18)19-5-3-2-4-6-19/h2-10H,11-17H2,1H3. The smallest absolute Gasteiger partial charge is 0.310 e. The highest BCUT2D eigenvalue weighted by atomic mass is 16.5. The number of benzene rings is 2. The van der Waals surface area contributed by atoms with E-state index < -0.39 is 11.9 Å². The van der Waals surface area contributed by atoms with Gasteiger partial charge in [-0.25, -0.2) is 0 Å². The van der Waals surface area contributed by atoms with Gasteiger partial charge in [-0.15, -0.1) is 0 Å². The molecule has 0 N–H and O–H groups in total. The lowest BCUT2D eigenvalue weighted by atomic mass is 10.0. The van der Waals surface area contributed by atoms with Gasteiger partial charge in [0, 0.05) is 20.1 Å². The van der Waals surface area contributed by atoms with Crippen molar-refractivity contribution in [1.82, 2.24) is 9.80 Å². The number of morpholine rings is 1. The first kappa shape index (κ1) is 21.5. The molecule has 0 aliphatic carbocycles. The summed E-state index contributed by atoms with van der Waals surface area (Å²) in [7, 11) is 1.52. The van der Waals surface area contributed by atoms with Crippen LogP contribution < -0.4 is 0 Å². The van der Waals surface area contributed by atoms with Crippen LogP contribution in [0.2, 0.25) is 0 Å². The molecule has 7 nitrogen and oxygen atoms in total. The molecule has 0 atom stereocenters.